The maximum atomic E-state index is 12.4. The van der Waals surface area contributed by atoms with Gasteiger partial charge in [0, 0.05) is 0 Å². The summed E-state index contributed by atoms with van der Waals surface area (Å²) in [6, 6.07) is 10.1. The zero-order chi connectivity index (χ0) is 14.6. The van der Waals surface area contributed by atoms with Gasteiger partial charge in [-0.3, -0.25) is 4.79 Å². The molecule has 1 aliphatic heterocycles. The number of carbonyl (C=O) groups excluding carboxylic acids is 1. The summed E-state index contributed by atoms with van der Waals surface area (Å²) < 4.78 is 11.5. The van der Waals surface area contributed by atoms with Crippen LogP contribution < -0.4 is 0 Å². The number of hydrogen-bond donors (Lipinski definition) is 0. The molecule has 20 heavy (non-hydrogen) atoms. The molecule has 3 atom stereocenters. The van der Waals surface area contributed by atoms with Gasteiger partial charge in [-0.2, -0.15) is 0 Å². The minimum atomic E-state index is -0.550. The van der Waals surface area contributed by atoms with E-state index in [0.717, 1.165) is 31.2 Å². The van der Waals surface area contributed by atoms with E-state index in [1.54, 1.807) is 6.92 Å². The van der Waals surface area contributed by atoms with Crippen LogP contribution in [0.1, 0.15) is 52.0 Å². The van der Waals surface area contributed by atoms with Crippen molar-refractivity contribution in [1.82, 2.24) is 0 Å². The molecule has 1 aliphatic rings. The molecule has 1 aromatic carbocycles. The van der Waals surface area contributed by atoms with E-state index in [2.05, 4.69) is 13.8 Å². The first-order valence-electron chi connectivity index (χ1n) is 7.58. The number of hydrogen-bond acceptors (Lipinski definition) is 3. The highest BCUT2D eigenvalue weighted by Gasteiger charge is 2.49. The lowest BCUT2D eigenvalue weighted by atomic mass is 9.76. The van der Waals surface area contributed by atoms with Crippen LogP contribution in [0.15, 0.2) is 30.3 Å². The van der Waals surface area contributed by atoms with Gasteiger partial charge in [0.15, 0.2) is 0 Å². The Balaban J connectivity index is 2.40. The maximum absolute atomic E-state index is 12.4. The van der Waals surface area contributed by atoms with Crippen molar-refractivity contribution in [2.45, 2.75) is 58.3 Å². The van der Waals surface area contributed by atoms with Crippen LogP contribution in [0.25, 0.3) is 0 Å². The van der Waals surface area contributed by atoms with E-state index in [0.29, 0.717) is 0 Å². The van der Waals surface area contributed by atoms with Gasteiger partial charge in [-0.25, -0.2) is 0 Å². The fourth-order valence-electron chi connectivity index (χ4n) is 3.12. The van der Waals surface area contributed by atoms with Crippen molar-refractivity contribution in [2.75, 3.05) is 0 Å². The van der Waals surface area contributed by atoms with Gasteiger partial charge in [-0.1, -0.05) is 57.0 Å². The quantitative estimate of drug-likeness (QED) is 0.762. The number of ether oxygens (including phenoxy) is 2. The van der Waals surface area contributed by atoms with E-state index >= 15 is 0 Å². The van der Waals surface area contributed by atoms with E-state index in [1.165, 1.54) is 0 Å². The number of rotatable bonds is 5. The van der Waals surface area contributed by atoms with E-state index in [-0.39, 0.29) is 11.9 Å². The van der Waals surface area contributed by atoms with Crippen molar-refractivity contribution in [1.29, 1.82) is 0 Å². The average molecular weight is 276 g/mol. The van der Waals surface area contributed by atoms with Gasteiger partial charge in [-0.15, -0.1) is 0 Å². The summed E-state index contributed by atoms with van der Waals surface area (Å²) in [5.74, 6) is -0.339. The maximum Gasteiger partial charge on any atom is 0.314 e. The molecule has 0 radical (unpaired) electrons. The lowest BCUT2D eigenvalue weighted by molar-refractivity contribution is -0.265. The van der Waals surface area contributed by atoms with Gasteiger partial charge < -0.3 is 9.47 Å². The van der Waals surface area contributed by atoms with Crippen molar-refractivity contribution in [3.05, 3.63) is 35.9 Å². The number of cyclic esters (lactones) is 1. The Kier molecular flexibility index (Phi) is 4.81. The van der Waals surface area contributed by atoms with Crippen molar-refractivity contribution >= 4 is 5.97 Å². The zero-order valence-electron chi connectivity index (χ0n) is 12.6. The van der Waals surface area contributed by atoms with Crippen LogP contribution in [0.5, 0.6) is 0 Å². The molecular formula is C17H24O3. The van der Waals surface area contributed by atoms with E-state index in [9.17, 15) is 4.79 Å². The highest BCUT2D eigenvalue weighted by atomic mass is 16.7. The minimum absolute atomic E-state index is 0.122. The summed E-state index contributed by atoms with van der Waals surface area (Å²) in [5, 5.41) is 0. The predicted molar refractivity (Wildman–Crippen MR) is 78.1 cm³/mol. The monoisotopic (exact) mass is 276 g/mol. The average Bonchev–Trinajstić information content (AvgIpc) is 2.46. The van der Waals surface area contributed by atoms with Gasteiger partial charge in [-0.05, 0) is 25.3 Å². The molecule has 1 fully saturated rings. The molecular weight excluding hydrogens is 252 g/mol. The summed E-state index contributed by atoms with van der Waals surface area (Å²) in [7, 11) is 0. The Bertz CT molecular complexity index is 443. The van der Waals surface area contributed by atoms with Crippen LogP contribution in [-0.2, 0) is 19.9 Å². The van der Waals surface area contributed by atoms with Crippen molar-refractivity contribution in [3.8, 4) is 0 Å². The molecule has 3 nitrogen and oxygen atoms in total. The fraction of sp³-hybridized carbons (Fsp3) is 0.588. The van der Waals surface area contributed by atoms with Gasteiger partial charge in [0.05, 0.1) is 5.92 Å². The normalized spacial score (nSPS) is 30.1. The first-order chi connectivity index (χ1) is 9.64. The highest BCUT2D eigenvalue weighted by molar-refractivity contribution is 5.75. The van der Waals surface area contributed by atoms with E-state index in [4.69, 9.17) is 9.47 Å². The summed E-state index contributed by atoms with van der Waals surface area (Å²) >= 11 is 0. The second kappa shape index (κ2) is 6.40. The van der Waals surface area contributed by atoms with Gasteiger partial charge in [0.2, 0.25) is 6.29 Å². The summed E-state index contributed by atoms with van der Waals surface area (Å²) in [4.78, 5) is 12.4. The third-order valence-corrected chi connectivity index (χ3v) is 4.14. The van der Waals surface area contributed by atoms with Crippen LogP contribution in [0, 0.1) is 5.92 Å². The van der Waals surface area contributed by atoms with Crippen molar-refractivity contribution in [3.63, 3.8) is 0 Å². The predicted octanol–water partition coefficient (Wildman–Crippen LogP) is 4.02. The molecule has 0 amide bonds. The number of unbranched alkanes of at least 4 members (excludes halogenated alkanes) is 1. The van der Waals surface area contributed by atoms with Gasteiger partial charge in [0.25, 0.3) is 0 Å². The lowest BCUT2D eigenvalue weighted by Crippen LogP contribution is -2.50. The zero-order valence-corrected chi connectivity index (χ0v) is 12.6. The minimum Gasteiger partial charge on any atom is -0.436 e. The van der Waals surface area contributed by atoms with Crippen LogP contribution in [0.3, 0.4) is 0 Å². The Morgan fingerprint density at radius 3 is 2.50 bits per heavy atom. The smallest absolute Gasteiger partial charge is 0.314 e. The fourth-order valence-corrected chi connectivity index (χ4v) is 3.12. The largest absolute Gasteiger partial charge is 0.436 e. The molecule has 0 aromatic heterocycles. The summed E-state index contributed by atoms with van der Waals surface area (Å²) in [6.45, 7) is 6.01. The number of carbonyl (C=O) groups is 1. The van der Waals surface area contributed by atoms with E-state index < -0.39 is 11.9 Å². The standard InChI is InChI=1S/C17H24O3/c1-4-6-12-15-16(18)19-13(3)20-17(15,5-2)14-10-8-7-9-11-14/h7-11,13,15H,4-6,12H2,1-3H3. The molecule has 1 heterocycles. The first-order valence-corrected chi connectivity index (χ1v) is 7.58. The van der Waals surface area contributed by atoms with Gasteiger partial charge in [0.1, 0.15) is 5.60 Å². The molecule has 3 unspecified atom stereocenters. The highest BCUT2D eigenvalue weighted by Crippen LogP contribution is 2.44. The number of benzene rings is 1. The SMILES string of the molecule is CCCCC1C(=O)OC(C)OC1(CC)c1ccccc1. The second-order valence-corrected chi connectivity index (χ2v) is 5.43. The first kappa shape index (κ1) is 15.0. The Morgan fingerprint density at radius 1 is 1.20 bits per heavy atom. The van der Waals surface area contributed by atoms with Crippen LogP contribution >= 0.6 is 0 Å². The molecule has 0 saturated carbocycles. The summed E-state index contributed by atoms with van der Waals surface area (Å²) in [6.07, 6.45) is 3.16. The molecule has 2 rings (SSSR count). The Hall–Kier alpha value is -1.35. The van der Waals surface area contributed by atoms with Crippen LogP contribution in [0.2, 0.25) is 0 Å². The Labute approximate surface area is 121 Å². The summed E-state index contributed by atoms with van der Waals surface area (Å²) in [5.41, 5.74) is 0.526. The second-order valence-electron chi connectivity index (χ2n) is 5.43. The van der Waals surface area contributed by atoms with Crippen molar-refractivity contribution in [2.24, 2.45) is 5.92 Å². The molecule has 0 N–H and O–H groups in total. The third-order valence-electron chi connectivity index (χ3n) is 4.14. The van der Waals surface area contributed by atoms with E-state index in [1.807, 2.05) is 30.3 Å². The topological polar surface area (TPSA) is 35.5 Å². The molecule has 110 valence electrons. The van der Waals surface area contributed by atoms with Crippen LogP contribution in [-0.4, -0.2) is 12.3 Å². The number of esters is 1. The van der Waals surface area contributed by atoms with Crippen LogP contribution in [0.4, 0.5) is 0 Å². The molecule has 0 bridgehead atoms. The molecule has 0 aliphatic carbocycles. The Morgan fingerprint density at radius 2 is 1.90 bits per heavy atom. The van der Waals surface area contributed by atoms with Crippen molar-refractivity contribution < 1.29 is 14.3 Å². The molecule has 1 saturated heterocycles. The van der Waals surface area contributed by atoms with Gasteiger partial charge >= 0.3 is 5.97 Å². The molecule has 3 heteroatoms. The molecule has 1 aromatic rings. The third kappa shape index (κ3) is 2.73. The lowest BCUT2D eigenvalue weighted by Gasteiger charge is -2.45. The molecule has 0 spiro atoms.